The summed E-state index contributed by atoms with van der Waals surface area (Å²) in [5.41, 5.74) is 0.101. The van der Waals surface area contributed by atoms with Crippen LogP contribution in [0.1, 0.15) is 34.6 Å². The summed E-state index contributed by atoms with van der Waals surface area (Å²) in [6.07, 6.45) is -2.94. The predicted octanol–water partition coefficient (Wildman–Crippen LogP) is 4.29. The lowest BCUT2D eigenvalue weighted by Gasteiger charge is -2.14. The van der Waals surface area contributed by atoms with Gasteiger partial charge in [-0.25, -0.2) is 4.68 Å². The fourth-order valence-electron chi connectivity index (χ4n) is 2.65. The van der Waals surface area contributed by atoms with E-state index in [1.807, 2.05) is 0 Å². The second-order valence-corrected chi connectivity index (χ2v) is 6.24. The monoisotopic (exact) mass is 404 g/mol. The molecule has 0 fully saturated rings. The molecule has 1 aromatic heterocycles. The number of non-ortho nitro benzene ring substituents is 1. The van der Waals surface area contributed by atoms with Crippen LogP contribution in [-0.2, 0) is 6.18 Å². The molecule has 1 unspecified atom stereocenters. The lowest BCUT2D eigenvalue weighted by Crippen LogP contribution is -2.27. The van der Waals surface area contributed by atoms with Gasteiger partial charge >= 0.3 is 6.18 Å². The minimum Gasteiger partial charge on any atom is -0.344 e. The van der Waals surface area contributed by atoms with Crippen LogP contribution in [0, 0.1) is 10.1 Å². The molecule has 3 rings (SSSR count). The molecule has 150 valence electrons. The smallest absolute Gasteiger partial charge is 0.344 e. The Bertz CT molecular complexity index is 1050. The number of nitrogens with one attached hydrogen (secondary N) is 1. The highest BCUT2D eigenvalue weighted by Gasteiger charge is 2.30. The van der Waals surface area contributed by atoms with Crippen LogP contribution in [0.15, 0.2) is 60.8 Å². The quantitative estimate of drug-likeness (QED) is 0.507. The first-order valence-electron chi connectivity index (χ1n) is 8.43. The maximum Gasteiger partial charge on any atom is 0.416 e. The standard InChI is InChI=1S/C19H15F3N4O3/c1-12(13-5-7-14(8-6-13)19(20,21)22)23-18(27)17-9-10-25(24-17)15-3-2-4-16(11-15)26(28)29/h2-12H,1H3,(H,23,27). The first kappa shape index (κ1) is 20.1. The van der Waals surface area contributed by atoms with Gasteiger partial charge in [-0.2, -0.15) is 18.3 Å². The molecule has 0 aliphatic rings. The molecule has 0 saturated carbocycles. The molecule has 1 amide bonds. The highest BCUT2D eigenvalue weighted by molar-refractivity contribution is 5.92. The number of carbonyl (C=O) groups is 1. The Kier molecular flexibility index (Phi) is 5.35. The van der Waals surface area contributed by atoms with Crippen molar-refractivity contribution in [1.29, 1.82) is 0 Å². The molecule has 1 N–H and O–H groups in total. The van der Waals surface area contributed by atoms with Crippen molar-refractivity contribution >= 4 is 11.6 Å². The third-order valence-corrected chi connectivity index (χ3v) is 4.21. The number of aromatic nitrogens is 2. The summed E-state index contributed by atoms with van der Waals surface area (Å²) in [4.78, 5) is 22.7. The van der Waals surface area contributed by atoms with Gasteiger partial charge < -0.3 is 5.32 Å². The van der Waals surface area contributed by atoms with E-state index in [0.717, 1.165) is 12.1 Å². The molecule has 2 aromatic carbocycles. The number of hydrogen-bond acceptors (Lipinski definition) is 4. The fraction of sp³-hybridized carbons (Fsp3) is 0.158. The molecule has 0 aliphatic heterocycles. The highest BCUT2D eigenvalue weighted by atomic mass is 19.4. The summed E-state index contributed by atoms with van der Waals surface area (Å²) in [6, 6.07) is 11.2. The summed E-state index contributed by atoms with van der Waals surface area (Å²) in [5.74, 6) is -0.526. The minimum absolute atomic E-state index is 0.0651. The van der Waals surface area contributed by atoms with Crippen LogP contribution < -0.4 is 5.32 Å². The fourth-order valence-corrected chi connectivity index (χ4v) is 2.65. The predicted molar refractivity (Wildman–Crippen MR) is 97.5 cm³/mol. The van der Waals surface area contributed by atoms with Gasteiger partial charge in [0.1, 0.15) is 0 Å². The third-order valence-electron chi connectivity index (χ3n) is 4.21. The largest absolute Gasteiger partial charge is 0.416 e. The van der Waals surface area contributed by atoms with E-state index in [-0.39, 0.29) is 11.4 Å². The van der Waals surface area contributed by atoms with Gasteiger partial charge in [-0.15, -0.1) is 0 Å². The number of halogens is 3. The van der Waals surface area contributed by atoms with E-state index in [1.54, 1.807) is 13.0 Å². The van der Waals surface area contributed by atoms with Gasteiger partial charge in [0.25, 0.3) is 11.6 Å². The number of alkyl halides is 3. The van der Waals surface area contributed by atoms with E-state index in [1.165, 1.54) is 47.3 Å². The normalized spacial score (nSPS) is 12.4. The molecule has 1 atom stereocenters. The van der Waals surface area contributed by atoms with E-state index in [0.29, 0.717) is 11.3 Å². The maximum atomic E-state index is 12.6. The molecule has 1 heterocycles. The molecular formula is C19H15F3N4O3. The maximum absolute atomic E-state index is 12.6. The van der Waals surface area contributed by atoms with Crippen LogP contribution in [0.4, 0.5) is 18.9 Å². The van der Waals surface area contributed by atoms with Crippen LogP contribution in [0.5, 0.6) is 0 Å². The number of rotatable bonds is 5. The molecule has 0 aliphatic carbocycles. The summed E-state index contributed by atoms with van der Waals surface area (Å²) >= 11 is 0. The summed E-state index contributed by atoms with van der Waals surface area (Å²) in [7, 11) is 0. The topological polar surface area (TPSA) is 90.1 Å². The molecule has 29 heavy (non-hydrogen) atoms. The first-order valence-corrected chi connectivity index (χ1v) is 8.43. The molecule has 10 heteroatoms. The van der Waals surface area contributed by atoms with Gasteiger partial charge in [-0.1, -0.05) is 18.2 Å². The van der Waals surface area contributed by atoms with Gasteiger partial charge in [0, 0.05) is 18.3 Å². The zero-order chi connectivity index (χ0) is 21.2. The van der Waals surface area contributed by atoms with Crippen molar-refractivity contribution in [2.45, 2.75) is 19.1 Å². The average Bonchev–Trinajstić information content (AvgIpc) is 3.18. The van der Waals surface area contributed by atoms with E-state index in [2.05, 4.69) is 10.4 Å². The van der Waals surface area contributed by atoms with Gasteiger partial charge in [0.15, 0.2) is 5.69 Å². The van der Waals surface area contributed by atoms with E-state index >= 15 is 0 Å². The highest BCUT2D eigenvalue weighted by Crippen LogP contribution is 2.30. The number of amides is 1. The van der Waals surface area contributed by atoms with E-state index in [4.69, 9.17) is 0 Å². The van der Waals surface area contributed by atoms with Crippen molar-refractivity contribution in [1.82, 2.24) is 15.1 Å². The van der Waals surface area contributed by atoms with E-state index < -0.39 is 28.6 Å². The zero-order valence-corrected chi connectivity index (χ0v) is 15.1. The van der Waals surface area contributed by atoms with Crippen LogP contribution in [0.25, 0.3) is 5.69 Å². The summed E-state index contributed by atoms with van der Waals surface area (Å²) in [5, 5.41) is 17.6. The number of carbonyl (C=O) groups excluding carboxylic acids is 1. The van der Waals surface area contributed by atoms with Gasteiger partial charge in [0.05, 0.1) is 22.2 Å². The lowest BCUT2D eigenvalue weighted by molar-refractivity contribution is -0.384. The van der Waals surface area contributed by atoms with Gasteiger partial charge in [0.2, 0.25) is 0 Å². The first-order chi connectivity index (χ1) is 13.6. The number of nitro benzene ring substituents is 1. The van der Waals surface area contributed by atoms with Crippen molar-refractivity contribution in [3.63, 3.8) is 0 Å². The summed E-state index contributed by atoms with van der Waals surface area (Å²) < 4.78 is 39.3. The Balaban J connectivity index is 1.72. The second kappa shape index (κ2) is 7.74. The summed E-state index contributed by atoms with van der Waals surface area (Å²) in [6.45, 7) is 1.64. The SMILES string of the molecule is CC(NC(=O)c1ccn(-c2cccc([N+](=O)[O-])c2)n1)c1ccc(C(F)(F)F)cc1. The number of benzene rings is 2. The molecule has 3 aromatic rings. The molecular weight excluding hydrogens is 389 g/mol. The van der Waals surface area contributed by atoms with Crippen molar-refractivity contribution in [2.75, 3.05) is 0 Å². The van der Waals surface area contributed by atoms with Gasteiger partial charge in [-0.05, 0) is 36.8 Å². The van der Waals surface area contributed by atoms with Crippen molar-refractivity contribution in [3.05, 3.63) is 87.7 Å². The minimum atomic E-state index is -4.43. The van der Waals surface area contributed by atoms with Crippen molar-refractivity contribution < 1.29 is 22.9 Å². The van der Waals surface area contributed by atoms with Crippen molar-refractivity contribution in [3.8, 4) is 5.69 Å². The average molecular weight is 404 g/mol. The molecule has 7 nitrogen and oxygen atoms in total. The van der Waals surface area contributed by atoms with E-state index in [9.17, 15) is 28.1 Å². The molecule has 0 spiro atoms. The van der Waals surface area contributed by atoms with Gasteiger partial charge in [-0.3, -0.25) is 14.9 Å². The third kappa shape index (κ3) is 4.60. The Morgan fingerprint density at radius 2 is 1.86 bits per heavy atom. The Morgan fingerprint density at radius 1 is 1.17 bits per heavy atom. The van der Waals surface area contributed by atoms with Crippen molar-refractivity contribution in [2.24, 2.45) is 0 Å². The molecule has 0 bridgehead atoms. The Morgan fingerprint density at radius 3 is 2.48 bits per heavy atom. The van der Waals surface area contributed by atoms with Crippen LogP contribution in [0.2, 0.25) is 0 Å². The second-order valence-electron chi connectivity index (χ2n) is 6.24. The molecule has 0 radical (unpaired) electrons. The molecule has 0 saturated heterocycles. The van der Waals surface area contributed by atoms with Crippen LogP contribution >= 0.6 is 0 Å². The lowest BCUT2D eigenvalue weighted by atomic mass is 10.1. The number of nitrogens with zero attached hydrogens (tertiary/aromatic N) is 3. The number of nitro groups is 1. The zero-order valence-electron chi connectivity index (χ0n) is 15.1. The Hall–Kier alpha value is -3.69. The van der Waals surface area contributed by atoms with Crippen LogP contribution in [-0.4, -0.2) is 20.6 Å². The Labute approximate surface area is 162 Å². The number of hydrogen-bond donors (Lipinski definition) is 1. The van der Waals surface area contributed by atoms with Crippen LogP contribution in [0.3, 0.4) is 0 Å².